The molecule has 2 fully saturated rings. The number of carbonyl (C=O) groups excluding carboxylic acids is 1. The van der Waals surface area contributed by atoms with Gasteiger partial charge in [0.2, 0.25) is 5.91 Å². The molecule has 3 unspecified atom stereocenters. The van der Waals surface area contributed by atoms with E-state index in [0.717, 1.165) is 5.56 Å². The Balaban J connectivity index is 1.85. The van der Waals surface area contributed by atoms with Crippen molar-refractivity contribution in [3.63, 3.8) is 0 Å². The molecule has 3 atom stereocenters. The molecule has 1 aliphatic carbocycles. The second kappa shape index (κ2) is 3.59. The van der Waals surface area contributed by atoms with Gasteiger partial charge in [-0.25, -0.2) is 0 Å². The molecule has 0 radical (unpaired) electrons. The molecule has 1 heterocycles. The molecule has 84 valence electrons. The third kappa shape index (κ3) is 1.43. The van der Waals surface area contributed by atoms with E-state index in [-0.39, 0.29) is 5.91 Å². The molecule has 3 nitrogen and oxygen atoms in total. The average molecular weight is 219 g/mol. The molecular formula is C13H15NO2. The van der Waals surface area contributed by atoms with Crippen molar-refractivity contribution < 1.29 is 12.6 Å². The number of hydrogen-bond donors (Lipinski definition) is 1. The zero-order chi connectivity index (χ0) is 12.9. The van der Waals surface area contributed by atoms with Crippen LogP contribution in [0, 0.1) is 5.92 Å². The molecule has 1 N–H and O–H groups in total. The van der Waals surface area contributed by atoms with E-state index in [2.05, 4.69) is 0 Å². The van der Waals surface area contributed by atoms with E-state index in [4.69, 9.17) is 2.74 Å². The predicted molar refractivity (Wildman–Crippen MR) is 59.5 cm³/mol. The topological polar surface area (TPSA) is 40.5 Å². The number of rotatable bonds is 2. The van der Waals surface area contributed by atoms with Crippen LogP contribution in [-0.2, 0) is 11.3 Å². The SMILES string of the molecule is [2H]C1([2H])C(O)C2CC1N(Cc1ccccc1)C2=O. The number of aliphatic hydroxyl groups is 1. The largest absolute Gasteiger partial charge is 0.392 e. The summed E-state index contributed by atoms with van der Waals surface area (Å²) in [5, 5.41) is 9.78. The van der Waals surface area contributed by atoms with Crippen LogP contribution in [-0.4, -0.2) is 28.1 Å². The Bertz CT molecular complexity index is 477. The van der Waals surface area contributed by atoms with Gasteiger partial charge in [-0.1, -0.05) is 30.3 Å². The quantitative estimate of drug-likeness (QED) is 0.811. The Kier molecular flexibility index (Phi) is 1.76. The van der Waals surface area contributed by atoms with E-state index in [1.54, 1.807) is 4.90 Å². The van der Waals surface area contributed by atoms with Crippen LogP contribution in [0.1, 0.15) is 21.1 Å². The van der Waals surface area contributed by atoms with Crippen LogP contribution < -0.4 is 0 Å². The molecule has 0 spiro atoms. The first kappa shape index (κ1) is 7.85. The molecule has 3 heteroatoms. The maximum atomic E-state index is 12.1. The van der Waals surface area contributed by atoms with Crippen LogP contribution >= 0.6 is 0 Å². The number of hydrogen-bond acceptors (Lipinski definition) is 2. The summed E-state index contributed by atoms with van der Waals surface area (Å²) in [7, 11) is 0. The third-order valence-electron chi connectivity index (χ3n) is 3.39. The Morgan fingerprint density at radius 2 is 2.19 bits per heavy atom. The van der Waals surface area contributed by atoms with Crippen molar-refractivity contribution >= 4 is 5.91 Å². The molecule has 1 saturated carbocycles. The van der Waals surface area contributed by atoms with Crippen LogP contribution in [0.15, 0.2) is 30.3 Å². The highest BCUT2D eigenvalue weighted by Gasteiger charge is 2.49. The van der Waals surface area contributed by atoms with Gasteiger partial charge in [0, 0.05) is 15.3 Å². The smallest absolute Gasteiger partial charge is 0.228 e. The highest BCUT2D eigenvalue weighted by molar-refractivity contribution is 5.83. The molecule has 1 aromatic carbocycles. The van der Waals surface area contributed by atoms with Gasteiger partial charge in [0.1, 0.15) is 0 Å². The van der Waals surface area contributed by atoms with Gasteiger partial charge in [-0.15, -0.1) is 0 Å². The van der Waals surface area contributed by atoms with Gasteiger partial charge >= 0.3 is 0 Å². The zero-order valence-corrected chi connectivity index (χ0v) is 8.84. The minimum absolute atomic E-state index is 0.119. The number of benzene rings is 1. The minimum Gasteiger partial charge on any atom is -0.392 e. The first-order valence-electron chi connectivity index (χ1n) is 6.54. The summed E-state index contributed by atoms with van der Waals surface area (Å²) in [6.45, 7) is 0.424. The molecule has 0 aromatic heterocycles. The van der Waals surface area contributed by atoms with E-state index in [9.17, 15) is 9.90 Å². The van der Waals surface area contributed by atoms with Crippen molar-refractivity contribution in [1.82, 2.24) is 4.90 Å². The highest BCUT2D eigenvalue weighted by atomic mass is 16.3. The summed E-state index contributed by atoms with van der Waals surface area (Å²) >= 11 is 0. The van der Waals surface area contributed by atoms with Gasteiger partial charge in [-0.05, 0) is 18.4 Å². The lowest BCUT2D eigenvalue weighted by molar-refractivity contribution is -0.138. The molecule has 1 aromatic rings. The minimum atomic E-state index is -1.69. The van der Waals surface area contributed by atoms with Gasteiger partial charge < -0.3 is 10.0 Å². The fraction of sp³-hybridized carbons (Fsp3) is 0.462. The number of amides is 1. The predicted octanol–water partition coefficient (Wildman–Crippen LogP) is 1.17. The van der Waals surface area contributed by atoms with Crippen LogP contribution in [0.25, 0.3) is 0 Å². The molecule has 3 rings (SSSR count). The first-order chi connectivity index (χ1) is 8.51. The standard InChI is InChI=1S/C13H15NO2/c15-12-7-10-6-11(12)13(16)14(10)8-9-4-2-1-3-5-9/h1-5,10-12,15H,6-8H2/i7D2. The second-order valence-corrected chi connectivity index (χ2v) is 4.42. The second-order valence-electron chi connectivity index (χ2n) is 4.42. The summed E-state index contributed by atoms with van der Waals surface area (Å²) in [6.07, 6.45) is -2.41. The number of carbonyl (C=O) groups is 1. The van der Waals surface area contributed by atoms with Gasteiger partial charge in [-0.3, -0.25) is 4.79 Å². The lowest BCUT2D eigenvalue weighted by atomic mass is 10.0. The highest BCUT2D eigenvalue weighted by Crippen LogP contribution is 2.39. The number of aliphatic hydroxyl groups excluding tert-OH is 1. The van der Waals surface area contributed by atoms with Gasteiger partial charge in [0.25, 0.3) is 0 Å². The van der Waals surface area contributed by atoms with Gasteiger partial charge in [-0.2, -0.15) is 0 Å². The van der Waals surface area contributed by atoms with E-state index >= 15 is 0 Å². The molecule has 1 aliphatic heterocycles. The summed E-state index contributed by atoms with van der Waals surface area (Å²) in [4.78, 5) is 13.6. The third-order valence-corrected chi connectivity index (χ3v) is 3.39. The monoisotopic (exact) mass is 219 g/mol. The van der Waals surface area contributed by atoms with Crippen molar-refractivity contribution in [2.45, 2.75) is 31.5 Å². The average Bonchev–Trinajstić information content (AvgIpc) is 2.78. The van der Waals surface area contributed by atoms with E-state index in [0.29, 0.717) is 13.0 Å². The normalized spacial score (nSPS) is 37.4. The zero-order valence-electron chi connectivity index (χ0n) is 10.8. The van der Waals surface area contributed by atoms with Gasteiger partial charge in [0.15, 0.2) is 0 Å². The van der Waals surface area contributed by atoms with Crippen LogP contribution in [0.5, 0.6) is 0 Å². The summed E-state index contributed by atoms with van der Waals surface area (Å²) in [6, 6.07) is 9.06. The summed E-state index contributed by atoms with van der Waals surface area (Å²) in [5.74, 6) is -0.680. The molecule has 2 bridgehead atoms. The molecule has 1 saturated heterocycles. The molecule has 16 heavy (non-hydrogen) atoms. The Labute approximate surface area is 97.5 Å². The van der Waals surface area contributed by atoms with Crippen LogP contribution in [0.2, 0.25) is 0 Å². The lowest BCUT2D eigenvalue weighted by Gasteiger charge is -2.29. The maximum absolute atomic E-state index is 12.1. The lowest BCUT2D eigenvalue weighted by Crippen LogP contribution is -2.41. The van der Waals surface area contributed by atoms with Gasteiger partial charge in [0.05, 0.1) is 12.0 Å². The van der Waals surface area contributed by atoms with Crippen molar-refractivity contribution in [2.75, 3.05) is 0 Å². The van der Waals surface area contributed by atoms with E-state index in [1.165, 1.54) is 0 Å². The number of likely N-dealkylation sites (tertiary alicyclic amines) is 1. The number of nitrogens with zero attached hydrogens (tertiary/aromatic N) is 1. The van der Waals surface area contributed by atoms with Crippen molar-refractivity contribution in [3.8, 4) is 0 Å². The Morgan fingerprint density at radius 3 is 2.88 bits per heavy atom. The molecule has 2 aliphatic rings. The van der Waals surface area contributed by atoms with Crippen molar-refractivity contribution in [2.24, 2.45) is 5.92 Å². The molecular weight excluding hydrogens is 202 g/mol. The van der Waals surface area contributed by atoms with Crippen molar-refractivity contribution in [1.29, 1.82) is 0 Å². The summed E-state index contributed by atoms with van der Waals surface area (Å²) in [5.41, 5.74) is 0.990. The Hall–Kier alpha value is -1.35. The number of piperidine rings is 1. The fourth-order valence-corrected chi connectivity index (χ4v) is 2.54. The van der Waals surface area contributed by atoms with Crippen LogP contribution in [0.3, 0.4) is 0 Å². The summed E-state index contributed by atoms with van der Waals surface area (Å²) < 4.78 is 15.8. The molecule has 1 amide bonds. The van der Waals surface area contributed by atoms with Crippen LogP contribution in [0.4, 0.5) is 0 Å². The van der Waals surface area contributed by atoms with E-state index in [1.807, 2.05) is 30.3 Å². The Morgan fingerprint density at radius 1 is 1.44 bits per heavy atom. The fourth-order valence-electron chi connectivity index (χ4n) is 2.54. The van der Waals surface area contributed by atoms with Crippen molar-refractivity contribution in [3.05, 3.63) is 35.9 Å². The first-order valence-corrected chi connectivity index (χ1v) is 5.54. The maximum Gasteiger partial charge on any atom is 0.228 e. The van der Waals surface area contributed by atoms with E-state index < -0.39 is 24.4 Å². The number of fused-ring (bicyclic) bond motifs is 2.